The van der Waals surface area contributed by atoms with Gasteiger partial charge in [-0.2, -0.15) is 23.9 Å². The number of hydrogen-bond donors (Lipinski definition) is 2. The van der Waals surface area contributed by atoms with Crippen LogP contribution in [0.5, 0.6) is 28.7 Å². The molecule has 2 unspecified atom stereocenters. The van der Waals surface area contributed by atoms with E-state index in [0.29, 0.717) is 23.7 Å². The minimum atomic E-state index is -4.17. The molecular formula is C36H58N4O8S. The van der Waals surface area contributed by atoms with E-state index in [0.717, 1.165) is 67.6 Å². The van der Waals surface area contributed by atoms with E-state index in [1.807, 2.05) is 24.3 Å². The third-order valence-electron chi connectivity index (χ3n) is 8.52. The Hall–Kier alpha value is -3.60. The lowest BCUT2D eigenvalue weighted by molar-refractivity contribution is 0.321. The number of hydrogen-bond acceptors (Lipinski definition) is 10. The Morgan fingerprint density at radius 2 is 1.33 bits per heavy atom. The first-order chi connectivity index (χ1) is 23.4. The summed E-state index contributed by atoms with van der Waals surface area (Å²) in [6, 6.07) is 12.7. The lowest BCUT2D eigenvalue weighted by Gasteiger charge is -2.29. The highest BCUT2D eigenvalue weighted by Crippen LogP contribution is 2.45. The minimum absolute atomic E-state index is 0.0625. The highest BCUT2D eigenvalue weighted by Gasteiger charge is 2.34. The molecule has 276 valence electrons. The van der Waals surface area contributed by atoms with Crippen LogP contribution in [0.25, 0.3) is 0 Å². The summed E-state index contributed by atoms with van der Waals surface area (Å²) in [6.45, 7) is 2.25. The summed E-state index contributed by atoms with van der Waals surface area (Å²) in [5.41, 5.74) is 1.40. The van der Waals surface area contributed by atoms with Gasteiger partial charge in [0, 0.05) is 7.05 Å². The number of nitriles is 1. The van der Waals surface area contributed by atoms with Gasteiger partial charge in [-0.05, 0) is 73.9 Å². The van der Waals surface area contributed by atoms with Crippen molar-refractivity contribution in [1.29, 1.82) is 5.26 Å². The largest absolute Gasteiger partial charge is 0.493 e. The van der Waals surface area contributed by atoms with Crippen LogP contribution in [0.4, 0.5) is 0 Å². The van der Waals surface area contributed by atoms with Crippen LogP contribution in [-0.4, -0.2) is 61.6 Å². The van der Waals surface area contributed by atoms with Gasteiger partial charge in [0.05, 0.1) is 53.1 Å². The van der Waals surface area contributed by atoms with Gasteiger partial charge in [-0.15, -0.1) is 0 Å². The lowest BCUT2D eigenvalue weighted by atomic mass is 9.73. The monoisotopic (exact) mass is 706 g/mol. The van der Waals surface area contributed by atoms with E-state index in [9.17, 15) is 5.26 Å². The molecule has 0 fully saturated rings. The first-order valence-corrected chi connectivity index (χ1v) is 18.4. The summed E-state index contributed by atoms with van der Waals surface area (Å²) in [5.74, 6) is 3.13. The molecule has 12 nitrogen and oxygen atoms in total. The number of nitrogens with two attached hydrogens (primary N) is 1. The number of methoxy groups -OCH3 is 5. The zero-order valence-electron chi connectivity index (χ0n) is 30.5. The number of unbranched alkanes of at least 4 members (excludes halogenated alkanes) is 7. The maximum Gasteiger partial charge on any atom is 0.330 e. The zero-order chi connectivity index (χ0) is 36.7. The van der Waals surface area contributed by atoms with Gasteiger partial charge in [-0.3, -0.25) is 4.55 Å². The van der Waals surface area contributed by atoms with E-state index in [1.54, 1.807) is 42.6 Å². The van der Waals surface area contributed by atoms with Crippen LogP contribution >= 0.6 is 0 Å². The normalized spacial score (nSPS) is 13.1. The van der Waals surface area contributed by atoms with Crippen LogP contribution in [0, 0.1) is 11.3 Å². The molecule has 2 atom stereocenters. The molecular weight excluding hydrogens is 648 g/mol. The van der Waals surface area contributed by atoms with E-state index in [4.69, 9.17) is 36.7 Å². The van der Waals surface area contributed by atoms with Crippen molar-refractivity contribution < 1.29 is 36.7 Å². The van der Waals surface area contributed by atoms with Crippen molar-refractivity contribution in [2.24, 2.45) is 15.4 Å². The molecule has 0 aliphatic carbocycles. The Labute approximate surface area is 294 Å². The van der Waals surface area contributed by atoms with Crippen molar-refractivity contribution in [2.75, 3.05) is 42.6 Å². The third-order valence-corrected chi connectivity index (χ3v) is 8.52. The summed E-state index contributed by atoms with van der Waals surface area (Å²) in [7, 11) is 5.69. The summed E-state index contributed by atoms with van der Waals surface area (Å²) in [6.07, 6.45) is 14.6. The fourth-order valence-corrected chi connectivity index (χ4v) is 5.94. The molecule has 49 heavy (non-hydrogen) atoms. The molecule has 0 aromatic heterocycles. The average molecular weight is 707 g/mol. The van der Waals surface area contributed by atoms with Crippen LogP contribution in [-0.2, 0) is 22.1 Å². The van der Waals surface area contributed by atoms with Gasteiger partial charge in [0.15, 0.2) is 23.0 Å². The maximum absolute atomic E-state index is 10.8. The molecule has 2 rings (SSSR count). The van der Waals surface area contributed by atoms with Crippen LogP contribution in [0.3, 0.4) is 0 Å². The fourth-order valence-electron chi connectivity index (χ4n) is 5.94. The van der Waals surface area contributed by atoms with Crippen molar-refractivity contribution in [3.8, 4) is 34.8 Å². The molecule has 0 saturated heterocycles. The Bertz CT molecular complexity index is 1380. The summed E-state index contributed by atoms with van der Waals surface area (Å²) in [5, 5.41) is 23.3. The first kappa shape index (κ1) is 43.4. The number of benzene rings is 2. The second-order valence-electron chi connectivity index (χ2n) is 11.9. The second-order valence-corrected chi connectivity index (χ2v) is 13.0. The third kappa shape index (κ3) is 16.1. The number of aryl methyl sites for hydroxylation is 1. The summed E-state index contributed by atoms with van der Waals surface area (Å²) < 4.78 is 53.0. The first-order valence-electron chi connectivity index (χ1n) is 16.9. The Kier molecular flexibility index (Phi) is 21.0. The van der Waals surface area contributed by atoms with Crippen molar-refractivity contribution in [3.63, 3.8) is 0 Å². The van der Waals surface area contributed by atoms with E-state index in [-0.39, 0.29) is 6.04 Å². The lowest BCUT2D eigenvalue weighted by Crippen LogP contribution is -2.25. The van der Waals surface area contributed by atoms with Gasteiger partial charge >= 0.3 is 10.3 Å². The molecule has 3 N–H and O–H groups in total. The summed E-state index contributed by atoms with van der Waals surface area (Å²) in [4.78, 5) is 0. The Morgan fingerprint density at radius 3 is 1.82 bits per heavy atom. The van der Waals surface area contributed by atoms with E-state index in [2.05, 4.69) is 34.4 Å². The Balaban J connectivity index is 0.00000223. The van der Waals surface area contributed by atoms with E-state index in [1.165, 1.54) is 38.5 Å². The Morgan fingerprint density at radius 1 is 0.796 bits per heavy atom. The molecule has 0 spiro atoms. The second kappa shape index (κ2) is 23.7. The smallest absolute Gasteiger partial charge is 0.330 e. The van der Waals surface area contributed by atoms with Gasteiger partial charge < -0.3 is 23.7 Å². The summed E-state index contributed by atoms with van der Waals surface area (Å²) >= 11 is 0. The predicted molar refractivity (Wildman–Crippen MR) is 193 cm³/mol. The van der Waals surface area contributed by atoms with Crippen molar-refractivity contribution in [2.45, 2.75) is 108 Å². The van der Waals surface area contributed by atoms with Gasteiger partial charge in [-0.1, -0.05) is 64.4 Å². The van der Waals surface area contributed by atoms with Gasteiger partial charge in [0.25, 0.3) is 0 Å². The molecule has 0 aliphatic rings. The number of rotatable bonds is 23. The van der Waals surface area contributed by atoms with Crippen LogP contribution < -0.4 is 28.8 Å². The molecule has 2 aromatic rings. The predicted octanol–water partition coefficient (Wildman–Crippen LogP) is 8.02. The molecule has 2 aromatic carbocycles. The molecule has 0 aliphatic heterocycles. The van der Waals surface area contributed by atoms with Gasteiger partial charge in [0.1, 0.15) is 0 Å². The molecule has 0 heterocycles. The molecule has 0 radical (unpaired) electrons. The quantitative estimate of drug-likeness (QED) is 0.0658. The van der Waals surface area contributed by atoms with Crippen molar-refractivity contribution >= 4 is 10.3 Å². The van der Waals surface area contributed by atoms with Crippen molar-refractivity contribution in [1.82, 2.24) is 0 Å². The molecule has 0 bridgehead atoms. The highest BCUT2D eigenvalue weighted by atomic mass is 32.2. The van der Waals surface area contributed by atoms with Crippen LogP contribution in [0.15, 0.2) is 40.6 Å². The molecule has 13 heteroatoms. The van der Waals surface area contributed by atoms with E-state index >= 15 is 0 Å². The fraction of sp³-hybridized carbons (Fsp3) is 0.639. The minimum Gasteiger partial charge on any atom is -0.493 e. The number of azo groups is 1. The van der Waals surface area contributed by atoms with Crippen molar-refractivity contribution in [3.05, 3.63) is 41.5 Å². The van der Waals surface area contributed by atoms with Gasteiger partial charge in [0.2, 0.25) is 5.75 Å². The van der Waals surface area contributed by atoms with E-state index < -0.39 is 15.7 Å². The maximum atomic E-state index is 10.8. The van der Waals surface area contributed by atoms with Crippen LogP contribution in [0.2, 0.25) is 0 Å². The van der Waals surface area contributed by atoms with Gasteiger partial charge in [-0.25, -0.2) is 5.14 Å². The number of ether oxygens (including phenoxy) is 5. The standard InChI is InChI=1S/C36H55N3O5.H3NO3S/c1-8-9-10-11-12-13-14-15-22-36(27-37,29-25-33(42-5)35(44-7)34(26-29)43-6)23-16-17-30(39-38-2)20-18-28-19-21-31(40-3)32(24-28)41-4;1-5(2,3)4/h19,21,24-26,30H,8-18,20,22-23H2,1-7H3;(H3,1,2,3,4). The van der Waals surface area contributed by atoms with Crippen LogP contribution in [0.1, 0.15) is 102 Å². The molecule has 0 saturated carbocycles. The molecule has 0 amide bonds. The SMILES string of the molecule is CCCCCCCCCCC(C#N)(CCCC(CCc1ccc(OC)c(OC)c1)N=NC)c1cc(OC)c(OC)c(OC)c1.NS(=O)(=O)O. The highest BCUT2D eigenvalue weighted by molar-refractivity contribution is 7.83. The topological polar surface area (TPSA) is 175 Å². The average Bonchev–Trinajstić information content (AvgIpc) is 3.09. The number of nitrogens with zero attached hydrogens (tertiary/aromatic N) is 3. The zero-order valence-corrected chi connectivity index (χ0v) is 31.3.